The molecule has 1 fully saturated rings. The van der Waals surface area contributed by atoms with Gasteiger partial charge >= 0.3 is 0 Å². The summed E-state index contributed by atoms with van der Waals surface area (Å²) in [6, 6.07) is 5.03. The smallest absolute Gasteiger partial charge is 0.126 e. The summed E-state index contributed by atoms with van der Waals surface area (Å²) >= 11 is 5.80. The van der Waals surface area contributed by atoms with Crippen LogP contribution in [0.25, 0.3) is 0 Å². The Bertz CT molecular complexity index is 334. The molecule has 0 atom stereocenters. The van der Waals surface area contributed by atoms with Crippen molar-refractivity contribution in [2.24, 2.45) is 11.7 Å². The number of nitrogens with two attached hydrogens (primary N) is 1. The molecule has 1 aromatic rings. The highest BCUT2D eigenvalue weighted by Gasteiger charge is 2.26. The maximum Gasteiger partial charge on any atom is 0.126 e. The predicted octanol–water partition coefficient (Wildman–Crippen LogP) is 2.76. The lowest BCUT2D eigenvalue weighted by Gasteiger charge is -2.32. The van der Waals surface area contributed by atoms with Crippen molar-refractivity contribution in [3.8, 4) is 0 Å². The average molecular weight is 214 g/mol. The fourth-order valence-electron chi connectivity index (χ4n) is 1.96. The molecule has 0 saturated heterocycles. The zero-order chi connectivity index (χ0) is 10.1. The molecular weight excluding hydrogens is 201 g/mol. The molecule has 3 heteroatoms. The number of benzene rings is 1. The van der Waals surface area contributed by atoms with Gasteiger partial charge in [0, 0.05) is 11.1 Å². The molecule has 14 heavy (non-hydrogen) atoms. The molecule has 0 bridgehead atoms. The van der Waals surface area contributed by atoms with Crippen LogP contribution in [0.3, 0.4) is 0 Å². The zero-order valence-electron chi connectivity index (χ0n) is 7.84. The summed E-state index contributed by atoms with van der Waals surface area (Å²) in [5.41, 5.74) is 6.39. The van der Waals surface area contributed by atoms with Crippen molar-refractivity contribution in [3.05, 3.63) is 34.6 Å². The Morgan fingerprint density at radius 3 is 2.79 bits per heavy atom. The van der Waals surface area contributed by atoms with E-state index in [0.717, 1.165) is 24.8 Å². The zero-order valence-corrected chi connectivity index (χ0v) is 8.60. The molecule has 1 aliphatic carbocycles. The summed E-state index contributed by atoms with van der Waals surface area (Å²) in [6.07, 6.45) is 2.78. The Labute approximate surface area is 88.1 Å². The van der Waals surface area contributed by atoms with Gasteiger partial charge in [-0.25, -0.2) is 4.39 Å². The second-order valence-corrected chi connectivity index (χ2v) is 4.47. The average Bonchev–Trinajstić information content (AvgIpc) is 2.09. The molecule has 0 spiro atoms. The molecule has 2 N–H and O–H groups in total. The normalized spacial score (nSPS) is 25.9. The number of rotatable bonds is 2. The van der Waals surface area contributed by atoms with Gasteiger partial charge in [-0.05, 0) is 48.9 Å². The van der Waals surface area contributed by atoms with Crippen LogP contribution in [0.4, 0.5) is 4.39 Å². The van der Waals surface area contributed by atoms with Crippen molar-refractivity contribution in [3.63, 3.8) is 0 Å². The Balaban J connectivity index is 2.05. The van der Waals surface area contributed by atoms with Crippen molar-refractivity contribution in [1.82, 2.24) is 0 Å². The molecule has 1 saturated carbocycles. The highest BCUT2D eigenvalue weighted by Crippen LogP contribution is 2.30. The molecule has 0 radical (unpaired) electrons. The van der Waals surface area contributed by atoms with E-state index in [0.29, 0.717) is 17.0 Å². The van der Waals surface area contributed by atoms with Crippen LogP contribution in [0.15, 0.2) is 18.2 Å². The van der Waals surface area contributed by atoms with Crippen molar-refractivity contribution in [1.29, 1.82) is 0 Å². The monoisotopic (exact) mass is 213 g/mol. The second-order valence-electron chi connectivity index (χ2n) is 4.04. The van der Waals surface area contributed by atoms with Gasteiger partial charge in [0.1, 0.15) is 5.82 Å². The minimum atomic E-state index is -0.158. The lowest BCUT2D eigenvalue weighted by atomic mass is 9.77. The van der Waals surface area contributed by atoms with Crippen LogP contribution in [0, 0.1) is 11.7 Å². The van der Waals surface area contributed by atoms with Crippen LogP contribution >= 0.6 is 11.6 Å². The van der Waals surface area contributed by atoms with Crippen molar-refractivity contribution >= 4 is 11.6 Å². The van der Waals surface area contributed by atoms with E-state index in [4.69, 9.17) is 17.3 Å². The molecule has 0 unspecified atom stereocenters. The first kappa shape index (κ1) is 9.94. The van der Waals surface area contributed by atoms with Crippen molar-refractivity contribution in [2.45, 2.75) is 25.3 Å². The third kappa shape index (κ3) is 2.07. The SMILES string of the molecule is NC1CC(Cc2cc(Cl)ccc2F)C1. The number of hydrogen-bond acceptors (Lipinski definition) is 1. The summed E-state index contributed by atoms with van der Waals surface area (Å²) in [5.74, 6) is 0.382. The van der Waals surface area contributed by atoms with E-state index in [-0.39, 0.29) is 5.82 Å². The van der Waals surface area contributed by atoms with Gasteiger partial charge in [-0.1, -0.05) is 11.6 Å². The first-order valence-corrected chi connectivity index (χ1v) is 5.22. The van der Waals surface area contributed by atoms with Gasteiger partial charge < -0.3 is 5.73 Å². The van der Waals surface area contributed by atoms with Gasteiger partial charge in [-0.3, -0.25) is 0 Å². The van der Waals surface area contributed by atoms with E-state index in [9.17, 15) is 4.39 Å². The molecule has 1 nitrogen and oxygen atoms in total. The summed E-state index contributed by atoms with van der Waals surface area (Å²) in [7, 11) is 0. The molecule has 0 amide bonds. The Morgan fingerprint density at radius 1 is 1.43 bits per heavy atom. The van der Waals surface area contributed by atoms with Crippen molar-refractivity contribution < 1.29 is 4.39 Å². The molecule has 1 aromatic carbocycles. The van der Waals surface area contributed by atoms with Crippen LogP contribution in [0.2, 0.25) is 5.02 Å². The lowest BCUT2D eigenvalue weighted by Crippen LogP contribution is -2.37. The summed E-state index contributed by atoms with van der Waals surface area (Å²) < 4.78 is 13.3. The highest BCUT2D eigenvalue weighted by molar-refractivity contribution is 6.30. The van der Waals surface area contributed by atoms with E-state index in [1.165, 1.54) is 6.07 Å². The standard InChI is InChI=1S/C11H13ClFN/c12-9-1-2-11(13)8(6-9)3-7-4-10(14)5-7/h1-2,6-7,10H,3-5,14H2. The topological polar surface area (TPSA) is 26.0 Å². The summed E-state index contributed by atoms with van der Waals surface area (Å²) in [4.78, 5) is 0. The predicted molar refractivity (Wildman–Crippen MR) is 55.8 cm³/mol. The lowest BCUT2D eigenvalue weighted by molar-refractivity contribution is 0.262. The van der Waals surface area contributed by atoms with E-state index in [2.05, 4.69) is 0 Å². The van der Waals surface area contributed by atoms with E-state index >= 15 is 0 Å². The Morgan fingerprint density at radius 2 is 2.14 bits per heavy atom. The van der Waals surface area contributed by atoms with Crippen LogP contribution in [0.1, 0.15) is 18.4 Å². The van der Waals surface area contributed by atoms with Gasteiger partial charge in [-0.15, -0.1) is 0 Å². The number of hydrogen-bond donors (Lipinski definition) is 1. The van der Waals surface area contributed by atoms with Crippen LogP contribution in [-0.4, -0.2) is 6.04 Å². The Hall–Kier alpha value is -0.600. The Kier molecular flexibility index (Phi) is 2.75. The van der Waals surface area contributed by atoms with Gasteiger partial charge in [0.25, 0.3) is 0 Å². The summed E-state index contributed by atoms with van der Waals surface area (Å²) in [6.45, 7) is 0. The molecule has 0 heterocycles. The molecule has 0 aliphatic heterocycles. The minimum absolute atomic E-state index is 0.158. The third-order valence-corrected chi connectivity index (χ3v) is 3.02. The van der Waals surface area contributed by atoms with Crippen LogP contribution in [0.5, 0.6) is 0 Å². The van der Waals surface area contributed by atoms with E-state index in [1.54, 1.807) is 12.1 Å². The molecular formula is C11H13ClFN. The van der Waals surface area contributed by atoms with Crippen molar-refractivity contribution in [2.75, 3.05) is 0 Å². The largest absolute Gasteiger partial charge is 0.328 e. The third-order valence-electron chi connectivity index (χ3n) is 2.79. The molecule has 76 valence electrons. The minimum Gasteiger partial charge on any atom is -0.328 e. The van der Waals surface area contributed by atoms with Gasteiger partial charge in [-0.2, -0.15) is 0 Å². The molecule has 0 aromatic heterocycles. The maximum absolute atomic E-state index is 13.3. The van der Waals surface area contributed by atoms with Crippen LogP contribution < -0.4 is 5.73 Å². The highest BCUT2D eigenvalue weighted by atomic mass is 35.5. The first-order chi connectivity index (χ1) is 6.65. The van der Waals surface area contributed by atoms with E-state index in [1.807, 2.05) is 0 Å². The molecule has 1 aliphatic rings. The van der Waals surface area contributed by atoms with Gasteiger partial charge in [0.15, 0.2) is 0 Å². The number of halogens is 2. The second kappa shape index (κ2) is 3.87. The fraction of sp³-hybridized carbons (Fsp3) is 0.455. The maximum atomic E-state index is 13.3. The molecule has 2 rings (SSSR count). The summed E-state index contributed by atoms with van der Waals surface area (Å²) in [5, 5.41) is 0.602. The van der Waals surface area contributed by atoms with Gasteiger partial charge in [0.05, 0.1) is 0 Å². The van der Waals surface area contributed by atoms with Gasteiger partial charge in [0.2, 0.25) is 0 Å². The van der Waals surface area contributed by atoms with Crippen LogP contribution in [-0.2, 0) is 6.42 Å². The first-order valence-electron chi connectivity index (χ1n) is 4.84. The van der Waals surface area contributed by atoms with E-state index < -0.39 is 0 Å². The quantitative estimate of drug-likeness (QED) is 0.803. The fourth-order valence-corrected chi connectivity index (χ4v) is 2.16.